The van der Waals surface area contributed by atoms with Gasteiger partial charge in [0, 0.05) is 16.6 Å². The monoisotopic (exact) mass is 310 g/mol. The van der Waals surface area contributed by atoms with E-state index in [1.807, 2.05) is 29.6 Å². The Balaban J connectivity index is 2.11. The summed E-state index contributed by atoms with van der Waals surface area (Å²) in [7, 11) is 0. The molecule has 0 bridgehead atoms. The summed E-state index contributed by atoms with van der Waals surface area (Å²) >= 11 is 4.87. The second-order valence-electron chi connectivity index (χ2n) is 3.51. The van der Waals surface area contributed by atoms with Crippen LogP contribution in [-0.4, -0.2) is 15.7 Å². The number of carbonyl (C=O) groups is 1. The average molecular weight is 311 g/mol. The van der Waals surface area contributed by atoms with E-state index in [9.17, 15) is 4.79 Å². The van der Waals surface area contributed by atoms with Crippen molar-refractivity contribution >= 4 is 39.0 Å². The second-order valence-corrected chi connectivity index (χ2v) is 5.84. The van der Waals surface area contributed by atoms with Crippen LogP contribution >= 0.6 is 27.3 Å². The number of pyridine rings is 1. The average Bonchev–Trinajstić information content (AvgIpc) is 2.83. The van der Waals surface area contributed by atoms with Crippen LogP contribution in [0.2, 0.25) is 0 Å². The number of rotatable bonds is 3. The Hall–Kier alpha value is -1.20. The van der Waals surface area contributed by atoms with E-state index in [-0.39, 0.29) is 10.7 Å². The quantitative estimate of drug-likeness (QED) is 0.881. The van der Waals surface area contributed by atoms with Crippen LogP contribution in [0.1, 0.15) is 6.92 Å². The molecule has 0 saturated carbocycles. The predicted octanol–water partition coefficient (Wildman–Crippen LogP) is 3.53. The highest BCUT2D eigenvalue weighted by molar-refractivity contribution is 9.10. The van der Waals surface area contributed by atoms with E-state index in [1.165, 1.54) is 4.88 Å². The van der Waals surface area contributed by atoms with Crippen LogP contribution in [0.25, 0.3) is 10.4 Å². The van der Waals surface area contributed by atoms with Crippen molar-refractivity contribution in [3.05, 3.63) is 35.8 Å². The molecule has 0 aliphatic carbocycles. The molecule has 0 aliphatic heterocycles. The number of nitrogens with one attached hydrogen (secondary N) is 1. The molecule has 0 radical (unpaired) electrons. The van der Waals surface area contributed by atoms with Crippen molar-refractivity contribution in [1.82, 2.24) is 4.98 Å². The topological polar surface area (TPSA) is 42.0 Å². The minimum Gasteiger partial charge on any atom is -0.310 e. The SMILES string of the molecule is CC(Br)C(=O)Nc1ccc(-c2cccs2)cn1. The van der Waals surface area contributed by atoms with E-state index < -0.39 is 0 Å². The van der Waals surface area contributed by atoms with Gasteiger partial charge in [-0.2, -0.15) is 0 Å². The largest absolute Gasteiger partial charge is 0.310 e. The minimum atomic E-state index is -0.221. The first-order valence-corrected chi connectivity index (χ1v) is 6.91. The maximum Gasteiger partial charge on any atom is 0.239 e. The van der Waals surface area contributed by atoms with Gasteiger partial charge in [-0.1, -0.05) is 22.0 Å². The molecule has 3 nitrogen and oxygen atoms in total. The van der Waals surface area contributed by atoms with Gasteiger partial charge in [0.25, 0.3) is 0 Å². The van der Waals surface area contributed by atoms with Gasteiger partial charge in [0.2, 0.25) is 5.91 Å². The standard InChI is InChI=1S/C12H11BrN2OS/c1-8(13)12(16)15-11-5-4-9(7-14-11)10-3-2-6-17-10/h2-8H,1H3,(H,14,15,16). The van der Waals surface area contributed by atoms with E-state index >= 15 is 0 Å². The number of hydrogen-bond donors (Lipinski definition) is 1. The molecule has 88 valence electrons. The number of nitrogens with zero attached hydrogens (tertiary/aromatic N) is 1. The first-order valence-electron chi connectivity index (χ1n) is 5.11. The van der Waals surface area contributed by atoms with E-state index in [2.05, 4.69) is 26.2 Å². The fourth-order valence-electron chi connectivity index (χ4n) is 1.28. The number of amides is 1. The normalized spacial score (nSPS) is 12.1. The van der Waals surface area contributed by atoms with Crippen LogP contribution in [0.3, 0.4) is 0 Å². The van der Waals surface area contributed by atoms with Crippen LogP contribution in [0, 0.1) is 0 Å². The lowest BCUT2D eigenvalue weighted by Crippen LogP contribution is -2.20. The molecular formula is C12H11BrN2OS. The number of thiophene rings is 1. The molecule has 17 heavy (non-hydrogen) atoms. The van der Waals surface area contributed by atoms with Crippen molar-refractivity contribution in [2.45, 2.75) is 11.8 Å². The molecule has 0 aliphatic rings. The zero-order valence-electron chi connectivity index (χ0n) is 9.18. The number of halogens is 1. The molecule has 1 atom stereocenters. The summed E-state index contributed by atoms with van der Waals surface area (Å²) in [5, 5.41) is 4.75. The summed E-state index contributed by atoms with van der Waals surface area (Å²) in [5.41, 5.74) is 1.06. The van der Waals surface area contributed by atoms with Crippen LogP contribution in [0.5, 0.6) is 0 Å². The highest BCUT2D eigenvalue weighted by Crippen LogP contribution is 2.24. The van der Waals surface area contributed by atoms with Gasteiger partial charge in [0.15, 0.2) is 0 Å². The van der Waals surface area contributed by atoms with E-state index in [0.717, 1.165) is 5.56 Å². The third-order valence-corrected chi connectivity index (χ3v) is 3.52. The number of hydrogen-bond acceptors (Lipinski definition) is 3. The number of carbonyl (C=O) groups excluding carboxylic acids is 1. The van der Waals surface area contributed by atoms with Crippen molar-refractivity contribution in [1.29, 1.82) is 0 Å². The molecule has 0 aromatic carbocycles. The predicted molar refractivity (Wildman–Crippen MR) is 74.6 cm³/mol. The van der Waals surface area contributed by atoms with E-state index in [0.29, 0.717) is 5.82 Å². The lowest BCUT2D eigenvalue weighted by molar-refractivity contribution is -0.115. The summed E-state index contributed by atoms with van der Waals surface area (Å²) in [6.45, 7) is 1.77. The Kier molecular flexibility index (Phi) is 3.91. The molecule has 1 unspecified atom stereocenters. The zero-order chi connectivity index (χ0) is 12.3. The molecule has 2 aromatic heterocycles. The minimum absolute atomic E-state index is 0.0960. The highest BCUT2D eigenvalue weighted by atomic mass is 79.9. The number of anilines is 1. The Morgan fingerprint density at radius 2 is 2.29 bits per heavy atom. The van der Waals surface area contributed by atoms with Gasteiger partial charge < -0.3 is 5.32 Å². The number of aromatic nitrogens is 1. The molecule has 1 amide bonds. The Morgan fingerprint density at radius 1 is 1.47 bits per heavy atom. The van der Waals surface area contributed by atoms with Gasteiger partial charge in [-0.15, -0.1) is 11.3 Å². The van der Waals surface area contributed by atoms with Crippen molar-refractivity contribution < 1.29 is 4.79 Å². The summed E-state index contributed by atoms with van der Waals surface area (Å²) < 4.78 is 0. The van der Waals surface area contributed by atoms with Crippen LogP contribution in [0.4, 0.5) is 5.82 Å². The van der Waals surface area contributed by atoms with E-state index in [1.54, 1.807) is 24.5 Å². The van der Waals surface area contributed by atoms with Crippen molar-refractivity contribution in [2.75, 3.05) is 5.32 Å². The Labute approximate surface area is 112 Å². The maximum absolute atomic E-state index is 11.4. The first kappa shape index (κ1) is 12.3. The van der Waals surface area contributed by atoms with Crippen molar-refractivity contribution in [3.8, 4) is 10.4 Å². The molecule has 0 saturated heterocycles. The molecule has 0 fully saturated rings. The highest BCUT2D eigenvalue weighted by Gasteiger charge is 2.09. The zero-order valence-corrected chi connectivity index (χ0v) is 11.6. The summed E-state index contributed by atoms with van der Waals surface area (Å²) in [6.07, 6.45) is 1.76. The van der Waals surface area contributed by atoms with Gasteiger partial charge >= 0.3 is 0 Å². The summed E-state index contributed by atoms with van der Waals surface area (Å²) in [5.74, 6) is 0.475. The fourth-order valence-corrected chi connectivity index (χ4v) is 2.11. The molecular weight excluding hydrogens is 300 g/mol. The lowest BCUT2D eigenvalue weighted by Gasteiger charge is -2.06. The molecule has 1 N–H and O–H groups in total. The van der Waals surface area contributed by atoms with Gasteiger partial charge in [-0.05, 0) is 30.5 Å². The molecule has 0 spiro atoms. The molecule has 2 heterocycles. The molecule has 5 heteroatoms. The Morgan fingerprint density at radius 3 is 2.82 bits per heavy atom. The van der Waals surface area contributed by atoms with Crippen molar-refractivity contribution in [3.63, 3.8) is 0 Å². The van der Waals surface area contributed by atoms with Crippen LogP contribution in [0.15, 0.2) is 35.8 Å². The summed E-state index contributed by atoms with van der Waals surface area (Å²) in [6, 6.07) is 7.80. The Bertz CT molecular complexity index is 494. The lowest BCUT2D eigenvalue weighted by atomic mass is 10.2. The van der Waals surface area contributed by atoms with Crippen molar-refractivity contribution in [2.24, 2.45) is 0 Å². The maximum atomic E-state index is 11.4. The molecule has 2 rings (SSSR count). The van der Waals surface area contributed by atoms with Gasteiger partial charge in [0.05, 0.1) is 4.83 Å². The fraction of sp³-hybridized carbons (Fsp3) is 0.167. The molecule has 2 aromatic rings. The third-order valence-electron chi connectivity index (χ3n) is 2.18. The third kappa shape index (κ3) is 3.14. The second kappa shape index (κ2) is 5.42. The van der Waals surface area contributed by atoms with Crippen LogP contribution < -0.4 is 5.32 Å². The van der Waals surface area contributed by atoms with Gasteiger partial charge in [-0.25, -0.2) is 4.98 Å². The van der Waals surface area contributed by atoms with E-state index in [4.69, 9.17) is 0 Å². The first-order chi connectivity index (χ1) is 8.16. The van der Waals surface area contributed by atoms with Crippen LogP contribution in [-0.2, 0) is 4.79 Å². The van der Waals surface area contributed by atoms with Gasteiger partial charge in [0.1, 0.15) is 5.82 Å². The summed E-state index contributed by atoms with van der Waals surface area (Å²) in [4.78, 5) is 16.6. The smallest absolute Gasteiger partial charge is 0.239 e. The number of alkyl halides is 1. The van der Waals surface area contributed by atoms with Gasteiger partial charge in [-0.3, -0.25) is 4.79 Å².